The lowest BCUT2D eigenvalue weighted by Crippen LogP contribution is -2.34. The van der Waals surface area contributed by atoms with Crippen LogP contribution in [0.1, 0.15) is 12.6 Å². The van der Waals surface area contributed by atoms with Crippen LogP contribution in [0.5, 0.6) is 0 Å². The second-order valence-corrected chi connectivity index (χ2v) is 3.38. The highest BCUT2D eigenvalue weighted by molar-refractivity contribution is 6.01. The van der Waals surface area contributed by atoms with E-state index in [4.69, 9.17) is 5.11 Å². The lowest BCUT2D eigenvalue weighted by atomic mass is 10.1. The normalized spacial score (nSPS) is 11.9. The molecule has 1 unspecified atom stereocenters. The predicted molar refractivity (Wildman–Crippen MR) is 57.3 cm³/mol. The summed E-state index contributed by atoms with van der Waals surface area (Å²) in [5.74, 6) is -1.71. The van der Waals surface area contributed by atoms with Crippen LogP contribution in [0.15, 0.2) is 24.4 Å². The van der Waals surface area contributed by atoms with Gasteiger partial charge in [-0.05, 0) is 19.1 Å². The molecule has 1 rings (SSSR count). The van der Waals surface area contributed by atoms with Crippen molar-refractivity contribution in [2.24, 2.45) is 5.92 Å². The topological polar surface area (TPSA) is 79.3 Å². The summed E-state index contributed by atoms with van der Waals surface area (Å²) in [4.78, 5) is 26.5. The summed E-state index contributed by atoms with van der Waals surface area (Å²) in [6.07, 6.45) is 1.63. The first-order valence-electron chi connectivity index (χ1n) is 4.96. The Balaban J connectivity index is 2.44. The van der Waals surface area contributed by atoms with E-state index in [1.807, 2.05) is 6.07 Å². The zero-order valence-corrected chi connectivity index (χ0v) is 9.01. The van der Waals surface area contributed by atoms with Gasteiger partial charge in [-0.15, -0.1) is 0 Å². The van der Waals surface area contributed by atoms with E-state index in [1.54, 1.807) is 18.3 Å². The van der Waals surface area contributed by atoms with Gasteiger partial charge in [0.2, 0.25) is 5.91 Å². The number of carbonyl (C=O) groups excluding carboxylic acids is 2. The Bertz CT molecular complexity index is 365. The standard InChI is InChI=1S/C11H14N2O3/c1-8(10(15)7-14)11(16)13-6-9-4-2-3-5-12-9/h2-5,8,14H,6-7H2,1H3,(H,13,16). The van der Waals surface area contributed by atoms with Crippen molar-refractivity contribution in [3.8, 4) is 0 Å². The number of ketones is 1. The average Bonchev–Trinajstić information content (AvgIpc) is 2.35. The van der Waals surface area contributed by atoms with E-state index < -0.39 is 24.2 Å². The van der Waals surface area contributed by atoms with Gasteiger partial charge in [-0.1, -0.05) is 6.07 Å². The zero-order valence-electron chi connectivity index (χ0n) is 9.01. The molecular weight excluding hydrogens is 208 g/mol. The third-order valence-corrected chi connectivity index (χ3v) is 2.20. The Morgan fingerprint density at radius 3 is 2.81 bits per heavy atom. The molecule has 0 aliphatic rings. The summed E-state index contributed by atoms with van der Waals surface area (Å²) in [6.45, 7) is 1.13. The van der Waals surface area contributed by atoms with Gasteiger partial charge in [0.15, 0.2) is 5.78 Å². The van der Waals surface area contributed by atoms with Crippen molar-refractivity contribution in [1.29, 1.82) is 0 Å². The van der Waals surface area contributed by atoms with Crippen molar-refractivity contribution >= 4 is 11.7 Å². The first-order valence-corrected chi connectivity index (χ1v) is 4.96. The van der Waals surface area contributed by atoms with E-state index in [0.29, 0.717) is 0 Å². The van der Waals surface area contributed by atoms with Gasteiger partial charge in [-0.3, -0.25) is 14.6 Å². The van der Waals surface area contributed by atoms with E-state index >= 15 is 0 Å². The minimum absolute atomic E-state index is 0.280. The molecule has 2 N–H and O–H groups in total. The molecule has 16 heavy (non-hydrogen) atoms. The first-order chi connectivity index (χ1) is 7.65. The number of hydrogen-bond acceptors (Lipinski definition) is 4. The molecule has 1 heterocycles. The van der Waals surface area contributed by atoms with Gasteiger partial charge in [0.05, 0.1) is 18.2 Å². The van der Waals surface area contributed by atoms with Crippen molar-refractivity contribution in [2.75, 3.05) is 6.61 Å². The maximum atomic E-state index is 11.4. The number of nitrogens with one attached hydrogen (secondary N) is 1. The lowest BCUT2D eigenvalue weighted by Gasteiger charge is -2.09. The number of aliphatic hydroxyl groups is 1. The predicted octanol–water partition coefficient (Wildman–Crippen LogP) is -0.105. The smallest absolute Gasteiger partial charge is 0.230 e. The molecule has 0 aliphatic heterocycles. The highest BCUT2D eigenvalue weighted by Crippen LogP contribution is 1.98. The zero-order chi connectivity index (χ0) is 12.0. The van der Waals surface area contributed by atoms with E-state index in [-0.39, 0.29) is 6.54 Å². The molecule has 0 bridgehead atoms. The number of Topliss-reactive ketones (excluding diaryl/α,β-unsaturated/α-hetero) is 1. The second-order valence-electron chi connectivity index (χ2n) is 3.38. The molecule has 0 spiro atoms. The Morgan fingerprint density at radius 2 is 2.25 bits per heavy atom. The summed E-state index contributed by atoms with van der Waals surface area (Å²) in [7, 11) is 0. The molecule has 1 aromatic heterocycles. The highest BCUT2D eigenvalue weighted by Gasteiger charge is 2.19. The van der Waals surface area contributed by atoms with Crippen molar-refractivity contribution in [2.45, 2.75) is 13.5 Å². The summed E-state index contributed by atoms with van der Waals surface area (Å²) in [5, 5.41) is 11.2. The molecule has 1 aromatic rings. The lowest BCUT2D eigenvalue weighted by molar-refractivity contribution is -0.134. The van der Waals surface area contributed by atoms with Crippen molar-refractivity contribution < 1.29 is 14.7 Å². The first kappa shape index (κ1) is 12.3. The number of hydrogen-bond donors (Lipinski definition) is 2. The van der Waals surface area contributed by atoms with Gasteiger partial charge < -0.3 is 10.4 Å². The van der Waals surface area contributed by atoms with Crippen LogP contribution in [0.3, 0.4) is 0 Å². The fourth-order valence-corrected chi connectivity index (χ4v) is 1.12. The molecule has 5 nitrogen and oxygen atoms in total. The van der Waals surface area contributed by atoms with Crippen LogP contribution in [-0.2, 0) is 16.1 Å². The SMILES string of the molecule is CC(C(=O)CO)C(=O)NCc1ccccn1. The minimum atomic E-state index is -0.825. The van der Waals surface area contributed by atoms with E-state index in [2.05, 4.69) is 10.3 Å². The summed E-state index contributed by atoms with van der Waals surface area (Å²) in [6, 6.07) is 5.37. The largest absolute Gasteiger partial charge is 0.389 e. The van der Waals surface area contributed by atoms with Crippen molar-refractivity contribution in [3.05, 3.63) is 30.1 Å². The van der Waals surface area contributed by atoms with Crippen molar-refractivity contribution in [3.63, 3.8) is 0 Å². The molecule has 5 heteroatoms. The Hall–Kier alpha value is -1.75. The van der Waals surface area contributed by atoms with Crippen molar-refractivity contribution in [1.82, 2.24) is 10.3 Å². The molecule has 0 saturated carbocycles. The van der Waals surface area contributed by atoms with E-state index in [9.17, 15) is 9.59 Å². The third-order valence-electron chi connectivity index (χ3n) is 2.20. The Kier molecular flexibility index (Phi) is 4.60. The van der Waals surface area contributed by atoms with E-state index in [1.165, 1.54) is 6.92 Å². The van der Waals surface area contributed by atoms with Gasteiger partial charge in [0, 0.05) is 6.20 Å². The van der Waals surface area contributed by atoms with Gasteiger partial charge in [0.1, 0.15) is 6.61 Å². The Morgan fingerprint density at radius 1 is 1.50 bits per heavy atom. The van der Waals surface area contributed by atoms with Gasteiger partial charge in [-0.2, -0.15) is 0 Å². The third kappa shape index (κ3) is 3.43. The molecular formula is C11H14N2O3. The van der Waals surface area contributed by atoms with Crippen LogP contribution in [0.25, 0.3) is 0 Å². The number of aromatic nitrogens is 1. The molecule has 86 valence electrons. The summed E-state index contributed by atoms with van der Waals surface area (Å²) >= 11 is 0. The van der Waals surface area contributed by atoms with Crippen LogP contribution in [0, 0.1) is 5.92 Å². The number of aliphatic hydroxyl groups excluding tert-OH is 1. The number of nitrogens with zero attached hydrogens (tertiary/aromatic N) is 1. The maximum absolute atomic E-state index is 11.4. The summed E-state index contributed by atoms with van der Waals surface area (Å²) < 4.78 is 0. The van der Waals surface area contributed by atoms with Gasteiger partial charge >= 0.3 is 0 Å². The second kappa shape index (κ2) is 5.97. The number of carbonyl (C=O) groups is 2. The molecule has 0 aliphatic carbocycles. The molecule has 1 amide bonds. The molecule has 0 fully saturated rings. The fraction of sp³-hybridized carbons (Fsp3) is 0.364. The minimum Gasteiger partial charge on any atom is -0.389 e. The molecule has 0 radical (unpaired) electrons. The van der Waals surface area contributed by atoms with Gasteiger partial charge in [-0.25, -0.2) is 0 Å². The average molecular weight is 222 g/mol. The summed E-state index contributed by atoms with van der Waals surface area (Å²) in [5.41, 5.74) is 0.722. The van der Waals surface area contributed by atoms with Crippen LogP contribution >= 0.6 is 0 Å². The van der Waals surface area contributed by atoms with Gasteiger partial charge in [0.25, 0.3) is 0 Å². The number of amides is 1. The number of pyridine rings is 1. The Labute approximate surface area is 93.5 Å². The number of rotatable bonds is 5. The van der Waals surface area contributed by atoms with Crippen LogP contribution < -0.4 is 5.32 Å². The molecule has 1 atom stereocenters. The monoisotopic (exact) mass is 222 g/mol. The van der Waals surface area contributed by atoms with Crippen LogP contribution in [0.4, 0.5) is 0 Å². The van der Waals surface area contributed by atoms with Crippen LogP contribution in [-0.4, -0.2) is 28.4 Å². The molecule has 0 saturated heterocycles. The van der Waals surface area contributed by atoms with E-state index in [0.717, 1.165) is 5.69 Å². The fourth-order valence-electron chi connectivity index (χ4n) is 1.12. The van der Waals surface area contributed by atoms with Crippen LogP contribution in [0.2, 0.25) is 0 Å². The quantitative estimate of drug-likeness (QED) is 0.681. The highest BCUT2D eigenvalue weighted by atomic mass is 16.3. The maximum Gasteiger partial charge on any atom is 0.230 e. The molecule has 0 aromatic carbocycles.